The number of allylic oxidation sites excluding steroid dienone is 1. The summed E-state index contributed by atoms with van der Waals surface area (Å²) in [5, 5.41) is 16.2. The van der Waals surface area contributed by atoms with Crippen molar-refractivity contribution in [1.82, 2.24) is 15.5 Å². The molecular formula is C25H21ClN4O2. The maximum absolute atomic E-state index is 13.0. The van der Waals surface area contributed by atoms with Gasteiger partial charge in [0.2, 0.25) is 11.8 Å². The zero-order valence-corrected chi connectivity index (χ0v) is 18.2. The fourth-order valence-electron chi connectivity index (χ4n) is 4.37. The van der Waals surface area contributed by atoms with Gasteiger partial charge in [-0.3, -0.25) is 14.7 Å². The number of halogens is 1. The largest absolute Gasteiger partial charge is 0.330 e. The summed E-state index contributed by atoms with van der Waals surface area (Å²) in [6, 6.07) is 17.9. The number of benzene rings is 3. The van der Waals surface area contributed by atoms with Crippen LogP contribution in [0.4, 0.5) is 5.69 Å². The van der Waals surface area contributed by atoms with Gasteiger partial charge in [0.05, 0.1) is 23.2 Å². The number of nitrogens with one attached hydrogen (secondary N) is 3. The maximum atomic E-state index is 13.0. The molecule has 0 aliphatic carbocycles. The smallest absolute Gasteiger partial charge is 0.228 e. The Labute approximate surface area is 189 Å². The summed E-state index contributed by atoms with van der Waals surface area (Å²) in [5.74, 6) is -0.360. The van der Waals surface area contributed by atoms with Crippen LogP contribution in [0.2, 0.25) is 5.02 Å². The van der Waals surface area contributed by atoms with Crippen LogP contribution in [0.15, 0.2) is 72.1 Å². The second-order valence-electron chi connectivity index (χ2n) is 8.08. The summed E-state index contributed by atoms with van der Waals surface area (Å²) in [6.45, 7) is 1.85. The van der Waals surface area contributed by atoms with Crippen LogP contribution in [0.5, 0.6) is 0 Å². The monoisotopic (exact) mass is 444 g/mol. The standard InChI is InChI=1S/C25H21ClN4O2/c1-14-20(11-24(32)29-19-9-18-13-27-30-25(18)22(26)10-19)21(12-23(31)28-14)17-7-6-15-4-2-3-5-16(15)8-17/h2-10,13,21H,11-12H2,1H3,(H,27,30)(H,28,31)(H,29,32). The lowest BCUT2D eigenvalue weighted by Crippen LogP contribution is -2.32. The van der Waals surface area contributed by atoms with Crippen molar-refractivity contribution < 1.29 is 9.59 Å². The molecule has 1 atom stereocenters. The number of carbonyl (C=O) groups is 2. The third kappa shape index (κ3) is 3.85. The van der Waals surface area contributed by atoms with Gasteiger partial charge in [0, 0.05) is 29.1 Å². The molecule has 1 unspecified atom stereocenters. The Hall–Kier alpha value is -3.64. The third-order valence-corrected chi connectivity index (χ3v) is 6.23. The van der Waals surface area contributed by atoms with Gasteiger partial charge in [0.1, 0.15) is 0 Å². The summed E-state index contributed by atoms with van der Waals surface area (Å²) < 4.78 is 0. The highest BCUT2D eigenvalue weighted by atomic mass is 35.5. The quantitative estimate of drug-likeness (QED) is 0.400. The van der Waals surface area contributed by atoms with Gasteiger partial charge in [-0.05, 0) is 41.0 Å². The molecule has 0 saturated carbocycles. The third-order valence-electron chi connectivity index (χ3n) is 5.93. The SMILES string of the molecule is CC1=C(CC(=O)Nc2cc(Cl)c3[nH]ncc3c2)C(c2ccc3ccccc3c2)CC(=O)N1. The number of H-pyrrole nitrogens is 1. The zero-order valence-electron chi connectivity index (χ0n) is 17.4. The molecule has 5 rings (SSSR count). The van der Waals surface area contributed by atoms with E-state index in [9.17, 15) is 9.59 Å². The number of carbonyl (C=O) groups excluding carboxylic acids is 2. The van der Waals surface area contributed by atoms with E-state index in [4.69, 9.17) is 11.6 Å². The molecule has 32 heavy (non-hydrogen) atoms. The van der Waals surface area contributed by atoms with E-state index in [0.717, 1.165) is 38.5 Å². The molecule has 7 heteroatoms. The van der Waals surface area contributed by atoms with Crippen molar-refractivity contribution in [3.05, 3.63) is 82.7 Å². The van der Waals surface area contributed by atoms with Gasteiger partial charge in [-0.15, -0.1) is 0 Å². The van der Waals surface area contributed by atoms with Crippen LogP contribution in [0.1, 0.15) is 31.2 Å². The number of hydrogen-bond donors (Lipinski definition) is 3. The summed E-state index contributed by atoms with van der Waals surface area (Å²) in [4.78, 5) is 25.3. The molecule has 6 nitrogen and oxygen atoms in total. The minimum Gasteiger partial charge on any atom is -0.330 e. The number of aromatic amines is 1. The molecule has 2 heterocycles. The summed E-state index contributed by atoms with van der Waals surface area (Å²) in [7, 11) is 0. The van der Waals surface area contributed by atoms with Gasteiger partial charge in [-0.1, -0.05) is 54.1 Å². The topological polar surface area (TPSA) is 86.9 Å². The molecular weight excluding hydrogens is 424 g/mol. The fraction of sp³-hybridized carbons (Fsp3) is 0.160. The van der Waals surface area contributed by atoms with Gasteiger partial charge < -0.3 is 10.6 Å². The van der Waals surface area contributed by atoms with E-state index in [1.807, 2.05) is 31.2 Å². The lowest BCUT2D eigenvalue weighted by atomic mass is 9.82. The molecule has 0 fully saturated rings. The molecule has 1 aliphatic heterocycles. The van der Waals surface area contributed by atoms with Crippen LogP contribution in [-0.2, 0) is 9.59 Å². The first-order valence-electron chi connectivity index (χ1n) is 10.4. The van der Waals surface area contributed by atoms with Crippen LogP contribution in [0.3, 0.4) is 0 Å². The van der Waals surface area contributed by atoms with Crippen molar-refractivity contribution in [3.63, 3.8) is 0 Å². The average molecular weight is 445 g/mol. The molecule has 2 amide bonds. The lowest BCUT2D eigenvalue weighted by Gasteiger charge is -2.28. The van der Waals surface area contributed by atoms with E-state index in [1.165, 1.54) is 0 Å². The molecule has 1 aromatic heterocycles. The molecule has 1 aliphatic rings. The number of fused-ring (bicyclic) bond motifs is 2. The number of anilines is 1. The average Bonchev–Trinajstić information content (AvgIpc) is 3.24. The van der Waals surface area contributed by atoms with Gasteiger partial charge in [0.15, 0.2) is 0 Å². The van der Waals surface area contributed by atoms with Crippen molar-refractivity contribution >= 4 is 50.8 Å². The highest BCUT2D eigenvalue weighted by Crippen LogP contribution is 2.36. The molecule has 3 aromatic carbocycles. The molecule has 0 radical (unpaired) electrons. The van der Waals surface area contributed by atoms with Crippen molar-refractivity contribution in [2.75, 3.05) is 5.32 Å². The van der Waals surface area contributed by atoms with Gasteiger partial charge in [0.25, 0.3) is 0 Å². The lowest BCUT2D eigenvalue weighted by molar-refractivity contribution is -0.121. The van der Waals surface area contributed by atoms with Crippen LogP contribution < -0.4 is 10.6 Å². The van der Waals surface area contributed by atoms with Gasteiger partial charge in [-0.25, -0.2) is 0 Å². The van der Waals surface area contributed by atoms with E-state index >= 15 is 0 Å². The van der Waals surface area contributed by atoms with Crippen molar-refractivity contribution in [2.45, 2.75) is 25.7 Å². The first-order valence-corrected chi connectivity index (χ1v) is 10.8. The van der Waals surface area contributed by atoms with E-state index in [-0.39, 0.29) is 24.2 Å². The maximum Gasteiger partial charge on any atom is 0.228 e. The van der Waals surface area contributed by atoms with Crippen LogP contribution in [-0.4, -0.2) is 22.0 Å². The predicted molar refractivity (Wildman–Crippen MR) is 126 cm³/mol. The van der Waals surface area contributed by atoms with Crippen LogP contribution in [0, 0.1) is 0 Å². The summed E-state index contributed by atoms with van der Waals surface area (Å²) in [6.07, 6.45) is 2.14. The Morgan fingerprint density at radius 2 is 1.94 bits per heavy atom. The number of aromatic nitrogens is 2. The van der Waals surface area contributed by atoms with E-state index in [0.29, 0.717) is 17.1 Å². The molecule has 160 valence electrons. The first-order chi connectivity index (χ1) is 15.5. The van der Waals surface area contributed by atoms with Gasteiger partial charge >= 0.3 is 0 Å². The minimum absolute atomic E-state index is 0.0398. The zero-order chi connectivity index (χ0) is 22.2. The Bertz CT molecular complexity index is 1410. The van der Waals surface area contributed by atoms with Crippen LogP contribution >= 0.6 is 11.6 Å². The molecule has 0 spiro atoms. The Morgan fingerprint density at radius 3 is 2.78 bits per heavy atom. The summed E-state index contributed by atoms with van der Waals surface area (Å²) >= 11 is 6.29. The normalized spacial score (nSPS) is 16.4. The Kier molecular flexibility index (Phi) is 5.15. The highest BCUT2D eigenvalue weighted by Gasteiger charge is 2.29. The number of amides is 2. The molecule has 0 saturated heterocycles. The minimum atomic E-state index is -0.166. The van der Waals surface area contributed by atoms with E-state index < -0.39 is 0 Å². The number of rotatable bonds is 4. The van der Waals surface area contributed by atoms with E-state index in [1.54, 1.807) is 12.3 Å². The Balaban J connectivity index is 1.43. The second kappa shape index (κ2) is 8.13. The summed E-state index contributed by atoms with van der Waals surface area (Å²) in [5.41, 5.74) is 4.01. The fourth-order valence-corrected chi connectivity index (χ4v) is 4.64. The molecule has 4 aromatic rings. The van der Waals surface area contributed by atoms with E-state index in [2.05, 4.69) is 45.1 Å². The number of hydrogen-bond acceptors (Lipinski definition) is 3. The highest BCUT2D eigenvalue weighted by molar-refractivity contribution is 6.35. The van der Waals surface area contributed by atoms with Crippen molar-refractivity contribution in [1.29, 1.82) is 0 Å². The predicted octanol–water partition coefficient (Wildman–Crippen LogP) is 5.28. The molecule has 3 N–H and O–H groups in total. The first kappa shape index (κ1) is 20.3. The van der Waals surface area contributed by atoms with Crippen molar-refractivity contribution in [3.8, 4) is 0 Å². The number of nitrogens with zero attached hydrogens (tertiary/aromatic N) is 1. The Morgan fingerprint density at radius 1 is 1.12 bits per heavy atom. The van der Waals surface area contributed by atoms with Crippen LogP contribution in [0.25, 0.3) is 21.7 Å². The second-order valence-corrected chi connectivity index (χ2v) is 8.49. The molecule has 0 bridgehead atoms. The van der Waals surface area contributed by atoms with Gasteiger partial charge in [-0.2, -0.15) is 5.10 Å². The van der Waals surface area contributed by atoms with Crippen molar-refractivity contribution in [2.24, 2.45) is 0 Å².